The molecule has 0 bridgehead atoms. The van der Waals surface area contributed by atoms with Gasteiger partial charge in [-0.15, -0.1) is 0 Å². The number of nitrogens with zero attached hydrogens (tertiary/aromatic N) is 3. The van der Waals surface area contributed by atoms with E-state index in [1.54, 1.807) is 0 Å². The van der Waals surface area contributed by atoms with Gasteiger partial charge in [0.25, 0.3) is 0 Å². The van der Waals surface area contributed by atoms with E-state index in [0.717, 1.165) is 18.5 Å². The lowest BCUT2D eigenvalue weighted by molar-refractivity contribution is 0.568. The highest BCUT2D eigenvalue weighted by atomic mass is 15.1. The Balaban J connectivity index is 2.57. The first kappa shape index (κ1) is 8.31. The van der Waals surface area contributed by atoms with Crippen LogP contribution in [0.25, 0.3) is 0 Å². The molecule has 1 aliphatic rings. The molecule has 3 nitrogen and oxygen atoms in total. The first-order valence-corrected chi connectivity index (χ1v) is 4.74. The van der Waals surface area contributed by atoms with Gasteiger partial charge in [0, 0.05) is 11.7 Å². The van der Waals surface area contributed by atoms with Gasteiger partial charge in [-0.05, 0) is 33.1 Å². The van der Waals surface area contributed by atoms with Crippen LogP contribution in [0.4, 0.5) is 0 Å². The summed E-state index contributed by atoms with van der Waals surface area (Å²) in [6.07, 6.45) is 3.32. The Bertz CT molecular complexity index is 368. The van der Waals surface area contributed by atoms with E-state index in [-0.39, 0.29) is 0 Å². The van der Waals surface area contributed by atoms with Crippen molar-refractivity contribution in [2.45, 2.75) is 39.2 Å². The standard InChI is InChI=1S/C10H13N3/c1-7(2)13-9-5-3-4-8(9)12-10(13)6-11/h7H,3-5H2,1-2H3. The topological polar surface area (TPSA) is 41.6 Å². The Morgan fingerprint density at radius 2 is 2.23 bits per heavy atom. The fourth-order valence-corrected chi connectivity index (χ4v) is 2.04. The molecule has 0 fully saturated rings. The van der Waals surface area contributed by atoms with E-state index in [2.05, 4.69) is 29.5 Å². The summed E-state index contributed by atoms with van der Waals surface area (Å²) in [5.74, 6) is 0.583. The maximum atomic E-state index is 8.89. The highest BCUT2D eigenvalue weighted by Gasteiger charge is 2.22. The highest BCUT2D eigenvalue weighted by molar-refractivity contribution is 5.28. The third kappa shape index (κ3) is 1.14. The monoisotopic (exact) mass is 175 g/mol. The van der Waals surface area contributed by atoms with E-state index in [1.807, 2.05) is 0 Å². The second-order valence-corrected chi connectivity index (χ2v) is 3.76. The van der Waals surface area contributed by atoms with Gasteiger partial charge in [0.1, 0.15) is 6.07 Å². The van der Waals surface area contributed by atoms with Gasteiger partial charge in [-0.1, -0.05) is 0 Å². The van der Waals surface area contributed by atoms with Crippen molar-refractivity contribution in [1.29, 1.82) is 5.26 Å². The highest BCUT2D eigenvalue weighted by Crippen LogP contribution is 2.25. The minimum atomic E-state index is 0.351. The van der Waals surface area contributed by atoms with Crippen LogP contribution in [0.2, 0.25) is 0 Å². The van der Waals surface area contributed by atoms with E-state index in [1.165, 1.54) is 12.1 Å². The number of imidazole rings is 1. The van der Waals surface area contributed by atoms with Crippen LogP contribution in [0, 0.1) is 11.3 Å². The molecular weight excluding hydrogens is 162 g/mol. The lowest BCUT2D eigenvalue weighted by Gasteiger charge is -2.10. The van der Waals surface area contributed by atoms with Crippen molar-refractivity contribution in [1.82, 2.24) is 9.55 Å². The van der Waals surface area contributed by atoms with Gasteiger partial charge in [0.2, 0.25) is 5.82 Å². The number of rotatable bonds is 1. The summed E-state index contributed by atoms with van der Waals surface area (Å²) in [5.41, 5.74) is 2.43. The molecule has 0 saturated carbocycles. The lowest BCUT2D eigenvalue weighted by Crippen LogP contribution is -2.07. The smallest absolute Gasteiger partial charge is 0.213 e. The first-order chi connectivity index (χ1) is 6.24. The summed E-state index contributed by atoms with van der Waals surface area (Å²) < 4.78 is 2.07. The van der Waals surface area contributed by atoms with Crippen LogP contribution in [0.5, 0.6) is 0 Å². The molecule has 1 heterocycles. The van der Waals surface area contributed by atoms with Crippen LogP contribution in [-0.4, -0.2) is 9.55 Å². The van der Waals surface area contributed by atoms with Crippen LogP contribution >= 0.6 is 0 Å². The van der Waals surface area contributed by atoms with Crippen molar-refractivity contribution < 1.29 is 0 Å². The van der Waals surface area contributed by atoms with E-state index in [9.17, 15) is 0 Å². The fourth-order valence-electron chi connectivity index (χ4n) is 2.04. The molecule has 0 N–H and O–H groups in total. The zero-order chi connectivity index (χ0) is 9.42. The predicted octanol–water partition coefficient (Wildman–Crippen LogP) is 1.82. The summed E-state index contributed by atoms with van der Waals surface area (Å²) in [7, 11) is 0. The first-order valence-electron chi connectivity index (χ1n) is 4.74. The van der Waals surface area contributed by atoms with Gasteiger partial charge in [-0.25, -0.2) is 4.98 Å². The van der Waals surface area contributed by atoms with E-state index >= 15 is 0 Å². The minimum Gasteiger partial charge on any atom is -0.317 e. The van der Waals surface area contributed by atoms with Crippen LogP contribution in [0.3, 0.4) is 0 Å². The zero-order valence-electron chi connectivity index (χ0n) is 8.04. The molecule has 0 atom stereocenters. The Labute approximate surface area is 78.0 Å². The lowest BCUT2D eigenvalue weighted by atomic mass is 10.3. The molecule has 68 valence electrons. The second-order valence-electron chi connectivity index (χ2n) is 3.76. The molecule has 2 rings (SSSR count). The number of hydrogen-bond acceptors (Lipinski definition) is 2. The van der Waals surface area contributed by atoms with Crippen LogP contribution in [-0.2, 0) is 12.8 Å². The van der Waals surface area contributed by atoms with Crippen molar-refractivity contribution in [3.63, 3.8) is 0 Å². The van der Waals surface area contributed by atoms with Crippen molar-refractivity contribution in [2.24, 2.45) is 0 Å². The molecule has 0 aliphatic heterocycles. The molecule has 0 unspecified atom stereocenters. The summed E-state index contributed by atoms with van der Waals surface area (Å²) in [6, 6.07) is 2.51. The molecule has 1 aromatic heterocycles. The van der Waals surface area contributed by atoms with Gasteiger partial charge in [-0.2, -0.15) is 5.26 Å². The molecular formula is C10H13N3. The van der Waals surface area contributed by atoms with E-state index in [0.29, 0.717) is 11.9 Å². The average Bonchev–Trinajstić information content (AvgIpc) is 2.59. The summed E-state index contributed by atoms with van der Waals surface area (Å²) in [4.78, 5) is 4.33. The average molecular weight is 175 g/mol. The molecule has 0 spiro atoms. The second kappa shape index (κ2) is 2.88. The van der Waals surface area contributed by atoms with Gasteiger partial charge in [0.15, 0.2) is 0 Å². The third-order valence-corrected chi connectivity index (χ3v) is 2.54. The zero-order valence-corrected chi connectivity index (χ0v) is 8.04. The minimum absolute atomic E-state index is 0.351. The Hall–Kier alpha value is -1.30. The molecule has 0 saturated heterocycles. The third-order valence-electron chi connectivity index (χ3n) is 2.54. The summed E-state index contributed by atoms with van der Waals surface area (Å²) in [5, 5.41) is 8.89. The Kier molecular flexibility index (Phi) is 1.84. The molecule has 0 amide bonds. The number of aromatic nitrogens is 2. The quantitative estimate of drug-likeness (QED) is 0.653. The maximum absolute atomic E-state index is 8.89. The Morgan fingerprint density at radius 1 is 1.46 bits per heavy atom. The van der Waals surface area contributed by atoms with Crippen LogP contribution < -0.4 is 0 Å². The maximum Gasteiger partial charge on any atom is 0.213 e. The number of nitriles is 1. The number of aryl methyl sites for hydroxylation is 1. The van der Waals surface area contributed by atoms with Gasteiger partial charge in [-0.3, -0.25) is 0 Å². The fraction of sp³-hybridized carbons (Fsp3) is 0.600. The van der Waals surface area contributed by atoms with Crippen molar-refractivity contribution in [2.75, 3.05) is 0 Å². The number of fused-ring (bicyclic) bond motifs is 1. The normalized spacial score (nSPS) is 14.6. The van der Waals surface area contributed by atoms with Crippen molar-refractivity contribution in [3.05, 3.63) is 17.2 Å². The number of hydrogen-bond donors (Lipinski definition) is 0. The largest absolute Gasteiger partial charge is 0.317 e. The molecule has 13 heavy (non-hydrogen) atoms. The summed E-state index contributed by atoms with van der Waals surface area (Å²) in [6.45, 7) is 4.20. The van der Waals surface area contributed by atoms with Crippen molar-refractivity contribution >= 4 is 0 Å². The SMILES string of the molecule is CC(C)n1c(C#N)nc2c1CCC2. The molecule has 0 aromatic carbocycles. The van der Waals surface area contributed by atoms with Gasteiger partial charge < -0.3 is 4.57 Å². The van der Waals surface area contributed by atoms with Crippen LogP contribution in [0.15, 0.2) is 0 Å². The van der Waals surface area contributed by atoms with Crippen LogP contribution in [0.1, 0.15) is 43.5 Å². The van der Waals surface area contributed by atoms with Gasteiger partial charge >= 0.3 is 0 Å². The molecule has 0 radical (unpaired) electrons. The van der Waals surface area contributed by atoms with Gasteiger partial charge in [0.05, 0.1) is 5.69 Å². The van der Waals surface area contributed by atoms with E-state index in [4.69, 9.17) is 5.26 Å². The van der Waals surface area contributed by atoms with Crippen molar-refractivity contribution in [3.8, 4) is 6.07 Å². The molecule has 1 aliphatic carbocycles. The summed E-state index contributed by atoms with van der Waals surface area (Å²) >= 11 is 0. The molecule has 1 aromatic rings. The predicted molar refractivity (Wildman–Crippen MR) is 49.4 cm³/mol. The van der Waals surface area contributed by atoms with E-state index < -0.39 is 0 Å². The molecule has 3 heteroatoms. The Morgan fingerprint density at radius 3 is 2.85 bits per heavy atom.